The smallest absolute Gasteiger partial charge is 0.348 e. The van der Waals surface area contributed by atoms with E-state index in [1.54, 1.807) is 45.0 Å². The number of amides is 1. The Labute approximate surface area is 187 Å². The van der Waals surface area contributed by atoms with Crippen molar-refractivity contribution < 1.29 is 32.2 Å². The van der Waals surface area contributed by atoms with Gasteiger partial charge in [-0.1, -0.05) is 12.1 Å². The minimum absolute atomic E-state index is 0.0110. The Hall–Kier alpha value is -3.11. The Kier molecular flexibility index (Phi) is 7.05. The molecule has 0 radical (unpaired) electrons. The second kappa shape index (κ2) is 9.58. The van der Waals surface area contributed by atoms with E-state index in [4.69, 9.17) is 14.2 Å². The fourth-order valence-electron chi connectivity index (χ4n) is 3.27. The summed E-state index contributed by atoms with van der Waals surface area (Å²) in [6.45, 7) is 4.86. The number of ether oxygens (including phenoxy) is 3. The molecule has 1 aliphatic heterocycles. The van der Waals surface area contributed by atoms with Crippen molar-refractivity contribution in [2.45, 2.75) is 37.8 Å². The normalized spacial score (nSPS) is 15.7. The lowest BCUT2D eigenvalue weighted by atomic mass is 10.2. The molecule has 0 fully saturated rings. The van der Waals surface area contributed by atoms with Crippen LogP contribution in [0.25, 0.3) is 0 Å². The summed E-state index contributed by atoms with van der Waals surface area (Å²) >= 11 is 0. The standard InChI is InChI=1S/C22H26N2O7S/c1-14(2)23-32(27,28)16-9-10-18(15(3)11-16)30-13-21(25)24-12-20(22(26)29-4)31-19-8-6-5-7-17(19)24/h5-11,14,20,23H,12-13H2,1-4H3/t20-/m1/s1. The van der Waals surface area contributed by atoms with Crippen molar-refractivity contribution in [3.63, 3.8) is 0 Å². The third-order valence-corrected chi connectivity index (χ3v) is 6.39. The molecule has 0 aliphatic carbocycles. The third kappa shape index (κ3) is 5.20. The van der Waals surface area contributed by atoms with Crippen molar-refractivity contribution in [3.05, 3.63) is 48.0 Å². The first-order chi connectivity index (χ1) is 15.1. The van der Waals surface area contributed by atoms with Crippen LogP contribution in [0.1, 0.15) is 19.4 Å². The van der Waals surface area contributed by atoms with Gasteiger partial charge in [-0.25, -0.2) is 17.9 Å². The molecule has 1 heterocycles. The number of hydrogen-bond donors (Lipinski definition) is 1. The second-order valence-corrected chi connectivity index (χ2v) is 9.31. The minimum atomic E-state index is -3.64. The van der Waals surface area contributed by atoms with E-state index < -0.39 is 22.1 Å². The second-order valence-electron chi connectivity index (χ2n) is 7.59. The summed E-state index contributed by atoms with van der Waals surface area (Å²) in [6, 6.07) is 11.1. The molecule has 32 heavy (non-hydrogen) atoms. The van der Waals surface area contributed by atoms with Crippen LogP contribution in [-0.4, -0.2) is 52.7 Å². The molecule has 0 spiro atoms. The topological polar surface area (TPSA) is 111 Å². The van der Waals surface area contributed by atoms with E-state index in [2.05, 4.69) is 4.72 Å². The first-order valence-corrected chi connectivity index (χ1v) is 11.5. The summed E-state index contributed by atoms with van der Waals surface area (Å²) in [5, 5.41) is 0. The fourth-order valence-corrected chi connectivity index (χ4v) is 4.61. The maximum Gasteiger partial charge on any atom is 0.348 e. The molecule has 1 N–H and O–H groups in total. The predicted molar refractivity (Wildman–Crippen MR) is 117 cm³/mol. The molecule has 0 bridgehead atoms. The van der Waals surface area contributed by atoms with Crippen molar-refractivity contribution in [2.75, 3.05) is 25.2 Å². The minimum Gasteiger partial charge on any atom is -0.483 e. The highest BCUT2D eigenvalue weighted by Gasteiger charge is 2.34. The van der Waals surface area contributed by atoms with E-state index >= 15 is 0 Å². The molecule has 172 valence electrons. The van der Waals surface area contributed by atoms with Crippen LogP contribution in [0.2, 0.25) is 0 Å². The zero-order chi connectivity index (χ0) is 23.5. The number of benzene rings is 2. The first-order valence-electron chi connectivity index (χ1n) is 10.0. The Bertz CT molecular complexity index is 1120. The number of nitrogens with one attached hydrogen (secondary N) is 1. The van der Waals surface area contributed by atoms with Gasteiger partial charge in [-0.05, 0) is 56.7 Å². The molecule has 1 aliphatic rings. The van der Waals surface area contributed by atoms with Crippen LogP contribution in [0, 0.1) is 6.92 Å². The number of anilines is 1. The van der Waals surface area contributed by atoms with Crippen LogP contribution < -0.4 is 19.1 Å². The number of para-hydroxylation sites is 2. The molecule has 10 heteroatoms. The monoisotopic (exact) mass is 462 g/mol. The number of rotatable bonds is 7. The van der Waals surface area contributed by atoms with Crippen molar-refractivity contribution in [2.24, 2.45) is 0 Å². The number of hydrogen-bond acceptors (Lipinski definition) is 7. The fraction of sp³-hybridized carbons (Fsp3) is 0.364. The van der Waals surface area contributed by atoms with Gasteiger partial charge in [0.15, 0.2) is 6.61 Å². The van der Waals surface area contributed by atoms with E-state index in [1.165, 1.54) is 30.2 Å². The average molecular weight is 463 g/mol. The van der Waals surface area contributed by atoms with Crippen LogP contribution >= 0.6 is 0 Å². The molecule has 0 saturated heterocycles. The summed E-state index contributed by atoms with van der Waals surface area (Å²) in [4.78, 5) is 26.4. The van der Waals surface area contributed by atoms with Crippen molar-refractivity contribution in [3.8, 4) is 11.5 Å². The molecule has 0 saturated carbocycles. The van der Waals surface area contributed by atoms with Crippen LogP contribution in [-0.2, 0) is 24.3 Å². The van der Waals surface area contributed by atoms with E-state index in [0.29, 0.717) is 22.7 Å². The molecular weight excluding hydrogens is 436 g/mol. The van der Waals surface area contributed by atoms with Gasteiger partial charge in [0.25, 0.3) is 5.91 Å². The van der Waals surface area contributed by atoms with Crippen molar-refractivity contribution in [1.82, 2.24) is 4.72 Å². The zero-order valence-electron chi connectivity index (χ0n) is 18.3. The summed E-state index contributed by atoms with van der Waals surface area (Å²) in [5.74, 6) is -0.188. The van der Waals surface area contributed by atoms with Gasteiger partial charge >= 0.3 is 5.97 Å². The number of carbonyl (C=O) groups excluding carboxylic acids is 2. The van der Waals surface area contributed by atoms with Crippen LogP contribution in [0.3, 0.4) is 0 Å². The highest BCUT2D eigenvalue weighted by Crippen LogP contribution is 2.33. The Morgan fingerprint density at radius 2 is 1.94 bits per heavy atom. The van der Waals surface area contributed by atoms with Gasteiger partial charge in [-0.2, -0.15) is 0 Å². The summed E-state index contributed by atoms with van der Waals surface area (Å²) < 4.78 is 43.3. The number of nitrogens with zero attached hydrogens (tertiary/aromatic N) is 1. The largest absolute Gasteiger partial charge is 0.483 e. The number of aryl methyl sites for hydroxylation is 1. The average Bonchev–Trinajstić information content (AvgIpc) is 2.75. The third-order valence-electron chi connectivity index (χ3n) is 4.74. The van der Waals surface area contributed by atoms with Gasteiger partial charge in [-0.3, -0.25) is 4.79 Å². The molecule has 0 aromatic heterocycles. The Morgan fingerprint density at radius 1 is 1.22 bits per heavy atom. The quantitative estimate of drug-likeness (QED) is 0.627. The molecule has 2 aromatic rings. The number of carbonyl (C=O) groups is 2. The van der Waals surface area contributed by atoms with E-state index in [9.17, 15) is 18.0 Å². The van der Waals surface area contributed by atoms with Crippen LogP contribution in [0.15, 0.2) is 47.4 Å². The molecule has 0 unspecified atom stereocenters. The summed E-state index contributed by atoms with van der Waals surface area (Å²) in [5.41, 5.74) is 1.10. The zero-order valence-corrected chi connectivity index (χ0v) is 19.1. The van der Waals surface area contributed by atoms with E-state index in [-0.39, 0.29) is 30.0 Å². The lowest BCUT2D eigenvalue weighted by Gasteiger charge is -2.33. The molecular formula is C22H26N2O7S. The molecule has 1 atom stereocenters. The molecule has 9 nitrogen and oxygen atoms in total. The first kappa shape index (κ1) is 23.6. The number of fused-ring (bicyclic) bond motifs is 1. The van der Waals surface area contributed by atoms with Crippen LogP contribution in [0.4, 0.5) is 5.69 Å². The SMILES string of the molecule is COC(=O)[C@H]1CN(C(=O)COc2ccc(S(=O)(=O)NC(C)C)cc2C)c2ccccc2O1. The molecule has 3 rings (SSSR count). The maximum absolute atomic E-state index is 12.9. The Balaban J connectivity index is 1.74. The van der Waals surface area contributed by atoms with Gasteiger partial charge in [0.05, 0.1) is 24.2 Å². The number of esters is 1. The van der Waals surface area contributed by atoms with Gasteiger partial charge in [-0.15, -0.1) is 0 Å². The van der Waals surface area contributed by atoms with Gasteiger partial charge in [0, 0.05) is 6.04 Å². The van der Waals surface area contributed by atoms with E-state index in [1.807, 2.05) is 0 Å². The van der Waals surface area contributed by atoms with Gasteiger partial charge in [0.1, 0.15) is 11.5 Å². The summed E-state index contributed by atoms with van der Waals surface area (Å²) in [7, 11) is -2.38. The molecule has 2 aromatic carbocycles. The predicted octanol–water partition coefficient (Wildman–Crippen LogP) is 2.03. The van der Waals surface area contributed by atoms with Crippen molar-refractivity contribution in [1.29, 1.82) is 0 Å². The highest BCUT2D eigenvalue weighted by molar-refractivity contribution is 7.89. The van der Waals surface area contributed by atoms with Gasteiger partial charge < -0.3 is 19.1 Å². The molecule has 1 amide bonds. The van der Waals surface area contributed by atoms with Crippen LogP contribution in [0.5, 0.6) is 11.5 Å². The van der Waals surface area contributed by atoms with Gasteiger partial charge in [0.2, 0.25) is 16.1 Å². The maximum atomic E-state index is 12.9. The van der Waals surface area contributed by atoms with Crippen molar-refractivity contribution >= 4 is 27.6 Å². The Morgan fingerprint density at radius 3 is 2.59 bits per heavy atom. The number of methoxy groups -OCH3 is 1. The number of sulfonamides is 1. The lowest BCUT2D eigenvalue weighted by Crippen LogP contribution is -2.48. The van der Waals surface area contributed by atoms with E-state index in [0.717, 1.165) is 0 Å². The summed E-state index contributed by atoms with van der Waals surface area (Å²) in [6.07, 6.45) is -0.946. The lowest BCUT2D eigenvalue weighted by molar-refractivity contribution is -0.148. The highest BCUT2D eigenvalue weighted by atomic mass is 32.2.